The van der Waals surface area contributed by atoms with Crippen molar-refractivity contribution in [2.75, 3.05) is 24.7 Å². The van der Waals surface area contributed by atoms with Crippen molar-refractivity contribution in [1.29, 1.82) is 0 Å². The zero-order valence-corrected chi connectivity index (χ0v) is 12.5. The van der Waals surface area contributed by atoms with Crippen LogP contribution in [0.4, 0.5) is 5.82 Å². The van der Waals surface area contributed by atoms with Gasteiger partial charge in [-0.3, -0.25) is 0 Å². The second-order valence-corrected chi connectivity index (χ2v) is 6.48. The third kappa shape index (κ3) is 4.29. The maximum absolute atomic E-state index is 10.9. The molecule has 0 aliphatic heterocycles. The normalized spacial score (nSPS) is 11.7. The Morgan fingerprint density at radius 2 is 1.95 bits per heavy atom. The van der Waals surface area contributed by atoms with Gasteiger partial charge in [0.05, 0.1) is 11.8 Å². The molecule has 0 bridgehead atoms. The summed E-state index contributed by atoms with van der Waals surface area (Å²) < 4.78 is 24.3. The van der Waals surface area contributed by atoms with E-state index in [2.05, 4.69) is 20.0 Å². The summed E-state index contributed by atoms with van der Waals surface area (Å²) in [5.74, 6) is 0.653. The lowest BCUT2D eigenvalue weighted by Gasteiger charge is -2.09. The molecule has 0 amide bonds. The third-order valence-corrected chi connectivity index (χ3v) is 3.48. The second-order valence-electron chi connectivity index (χ2n) is 4.31. The van der Waals surface area contributed by atoms with Crippen molar-refractivity contribution in [2.24, 2.45) is 0 Å². The van der Waals surface area contributed by atoms with Crippen molar-refractivity contribution in [3.8, 4) is 0 Å². The molecule has 20 heavy (non-hydrogen) atoms. The van der Waals surface area contributed by atoms with Crippen molar-refractivity contribution in [1.82, 2.24) is 14.7 Å². The van der Waals surface area contributed by atoms with Crippen LogP contribution in [-0.4, -0.2) is 37.7 Å². The molecule has 6 nitrogen and oxygen atoms in total. The number of para-hydroxylation sites is 1. The Kier molecular flexibility index (Phi) is 4.74. The van der Waals surface area contributed by atoms with E-state index in [0.717, 1.165) is 17.2 Å². The lowest BCUT2D eigenvalue weighted by atomic mass is 10.2. The first-order chi connectivity index (χ1) is 9.46. The van der Waals surface area contributed by atoms with Crippen LogP contribution in [0.15, 0.2) is 24.3 Å². The highest BCUT2D eigenvalue weighted by molar-refractivity contribution is 7.88. The van der Waals surface area contributed by atoms with Gasteiger partial charge in [0.15, 0.2) is 0 Å². The fourth-order valence-corrected chi connectivity index (χ4v) is 2.43. The number of hydrogen-bond acceptors (Lipinski definition) is 5. The van der Waals surface area contributed by atoms with E-state index in [1.165, 1.54) is 0 Å². The smallest absolute Gasteiger partial charge is 0.224 e. The molecule has 0 spiro atoms. The van der Waals surface area contributed by atoms with Gasteiger partial charge >= 0.3 is 0 Å². The monoisotopic (exact) mass is 314 g/mol. The van der Waals surface area contributed by atoms with E-state index in [0.29, 0.717) is 25.3 Å². The molecule has 2 rings (SSSR count). The number of anilines is 1. The summed E-state index contributed by atoms with van der Waals surface area (Å²) in [6, 6.07) is 7.55. The van der Waals surface area contributed by atoms with Gasteiger partial charge in [-0.05, 0) is 30.2 Å². The molecule has 0 fully saturated rings. The number of benzene rings is 1. The number of fused-ring (bicyclic) bond motifs is 1. The summed E-state index contributed by atoms with van der Waals surface area (Å²) in [6.45, 7) is 0.961. The van der Waals surface area contributed by atoms with Crippen LogP contribution in [0.3, 0.4) is 0 Å². The van der Waals surface area contributed by atoms with Crippen LogP contribution < -0.4 is 10.0 Å². The Morgan fingerprint density at radius 3 is 2.70 bits per heavy atom. The Hall–Kier alpha value is -1.44. The number of hydrogen-bond donors (Lipinski definition) is 2. The van der Waals surface area contributed by atoms with E-state index < -0.39 is 10.0 Å². The fraction of sp³-hybridized carbons (Fsp3) is 0.333. The van der Waals surface area contributed by atoms with E-state index in [1.807, 2.05) is 24.3 Å². The SMILES string of the molecule is CS(=O)(=O)NCCCNc1nc(Cl)nc2ccccc12. The molecule has 0 radical (unpaired) electrons. The van der Waals surface area contributed by atoms with Crippen LogP contribution in [0, 0.1) is 0 Å². The van der Waals surface area contributed by atoms with Gasteiger partial charge in [0.2, 0.25) is 15.3 Å². The molecule has 0 saturated carbocycles. The highest BCUT2D eigenvalue weighted by atomic mass is 35.5. The summed E-state index contributed by atoms with van der Waals surface area (Å²) in [5.41, 5.74) is 0.768. The van der Waals surface area contributed by atoms with E-state index in [9.17, 15) is 8.42 Å². The standard InChI is InChI=1S/C12H15ClN4O2S/c1-20(18,19)15-8-4-7-14-11-9-5-2-3-6-10(9)16-12(13)17-11/h2-3,5-6,15H,4,7-8H2,1H3,(H,14,16,17). The molecule has 1 heterocycles. The third-order valence-electron chi connectivity index (χ3n) is 2.59. The number of rotatable bonds is 6. The molecular weight excluding hydrogens is 300 g/mol. The van der Waals surface area contributed by atoms with Gasteiger partial charge in [-0.2, -0.15) is 0 Å². The Morgan fingerprint density at radius 1 is 1.20 bits per heavy atom. The van der Waals surface area contributed by atoms with Crippen LogP contribution in [0.2, 0.25) is 5.28 Å². The summed E-state index contributed by atoms with van der Waals surface area (Å²) >= 11 is 5.87. The first-order valence-electron chi connectivity index (χ1n) is 6.06. The molecular formula is C12H15ClN4O2S. The van der Waals surface area contributed by atoms with Crippen molar-refractivity contribution in [3.05, 3.63) is 29.5 Å². The van der Waals surface area contributed by atoms with Crippen LogP contribution in [0.1, 0.15) is 6.42 Å². The predicted molar refractivity (Wildman–Crippen MR) is 80.5 cm³/mol. The topological polar surface area (TPSA) is 84.0 Å². The molecule has 8 heteroatoms. The van der Waals surface area contributed by atoms with Crippen molar-refractivity contribution in [3.63, 3.8) is 0 Å². The minimum atomic E-state index is -3.14. The minimum absolute atomic E-state index is 0.181. The van der Waals surface area contributed by atoms with Gasteiger partial charge < -0.3 is 5.32 Å². The number of nitrogens with one attached hydrogen (secondary N) is 2. The quantitative estimate of drug-likeness (QED) is 0.625. The van der Waals surface area contributed by atoms with Gasteiger partial charge in [-0.1, -0.05) is 12.1 Å². The number of aromatic nitrogens is 2. The Bertz CT molecular complexity index is 706. The average Bonchev–Trinajstić information content (AvgIpc) is 2.36. The van der Waals surface area contributed by atoms with Gasteiger partial charge in [-0.15, -0.1) is 0 Å². The molecule has 108 valence electrons. The first kappa shape index (κ1) is 15.0. The Balaban J connectivity index is 1.99. The molecule has 0 aliphatic rings. The van der Waals surface area contributed by atoms with Crippen LogP contribution in [0.25, 0.3) is 10.9 Å². The highest BCUT2D eigenvalue weighted by Gasteiger charge is 2.05. The molecule has 1 aromatic carbocycles. The van der Waals surface area contributed by atoms with Crippen LogP contribution in [0.5, 0.6) is 0 Å². The van der Waals surface area contributed by atoms with Gasteiger partial charge in [0.25, 0.3) is 0 Å². The number of nitrogens with zero attached hydrogens (tertiary/aromatic N) is 2. The number of halogens is 1. The molecule has 0 unspecified atom stereocenters. The Labute approximate surface area is 122 Å². The van der Waals surface area contributed by atoms with E-state index in [4.69, 9.17) is 11.6 Å². The van der Waals surface area contributed by atoms with Gasteiger partial charge in [0.1, 0.15) is 5.82 Å². The van der Waals surface area contributed by atoms with Crippen molar-refractivity contribution in [2.45, 2.75) is 6.42 Å². The van der Waals surface area contributed by atoms with Gasteiger partial charge in [-0.25, -0.2) is 23.1 Å². The minimum Gasteiger partial charge on any atom is -0.369 e. The van der Waals surface area contributed by atoms with E-state index in [1.54, 1.807) is 0 Å². The summed E-state index contributed by atoms with van der Waals surface area (Å²) in [4.78, 5) is 8.29. The van der Waals surface area contributed by atoms with Crippen LogP contribution >= 0.6 is 11.6 Å². The fourth-order valence-electron chi connectivity index (χ4n) is 1.74. The summed E-state index contributed by atoms with van der Waals surface area (Å²) in [5, 5.41) is 4.21. The molecule has 2 N–H and O–H groups in total. The molecule has 0 aliphatic carbocycles. The maximum Gasteiger partial charge on any atom is 0.224 e. The number of sulfonamides is 1. The lowest BCUT2D eigenvalue weighted by molar-refractivity contribution is 0.586. The molecule has 2 aromatic rings. The van der Waals surface area contributed by atoms with E-state index in [-0.39, 0.29) is 5.28 Å². The predicted octanol–water partition coefficient (Wildman–Crippen LogP) is 1.63. The second kappa shape index (κ2) is 6.34. The largest absolute Gasteiger partial charge is 0.369 e. The molecule has 1 aromatic heterocycles. The lowest BCUT2D eigenvalue weighted by Crippen LogP contribution is -2.24. The van der Waals surface area contributed by atoms with Crippen LogP contribution in [-0.2, 0) is 10.0 Å². The van der Waals surface area contributed by atoms with Crippen molar-refractivity contribution < 1.29 is 8.42 Å². The highest BCUT2D eigenvalue weighted by Crippen LogP contribution is 2.21. The molecule has 0 saturated heterocycles. The summed E-state index contributed by atoms with van der Waals surface area (Å²) in [7, 11) is -3.14. The van der Waals surface area contributed by atoms with Gasteiger partial charge in [0, 0.05) is 18.5 Å². The zero-order chi connectivity index (χ0) is 14.6. The molecule has 0 atom stereocenters. The average molecular weight is 315 g/mol. The summed E-state index contributed by atoms with van der Waals surface area (Å²) in [6.07, 6.45) is 1.78. The zero-order valence-electron chi connectivity index (χ0n) is 10.9. The van der Waals surface area contributed by atoms with Crippen molar-refractivity contribution >= 4 is 38.3 Å². The maximum atomic E-state index is 10.9. The first-order valence-corrected chi connectivity index (χ1v) is 8.33. The van der Waals surface area contributed by atoms with E-state index >= 15 is 0 Å².